The summed E-state index contributed by atoms with van der Waals surface area (Å²) in [6.45, 7) is 0.744. The van der Waals surface area contributed by atoms with Gasteiger partial charge in [-0.25, -0.2) is 8.78 Å². The quantitative estimate of drug-likeness (QED) is 0.537. The first-order valence-electron chi connectivity index (χ1n) is 3.34. The van der Waals surface area contributed by atoms with Gasteiger partial charge in [0.15, 0.2) is 0 Å². The Morgan fingerprint density at radius 2 is 2.20 bits per heavy atom. The van der Waals surface area contributed by atoms with Gasteiger partial charge in [0.1, 0.15) is 0 Å². The zero-order valence-corrected chi connectivity index (χ0v) is 5.98. The largest absolute Gasteiger partial charge is 0.322 e. The Bertz CT molecular complexity index is 127. The highest BCUT2D eigenvalue weighted by molar-refractivity contribution is 4.87. The fraction of sp³-hybridized carbons (Fsp3) is 1.00. The summed E-state index contributed by atoms with van der Waals surface area (Å²) in [6, 6.07) is -0.980. The van der Waals surface area contributed by atoms with E-state index in [-0.39, 0.29) is 6.42 Å². The molecule has 0 radical (unpaired) electrons. The van der Waals surface area contributed by atoms with Crippen molar-refractivity contribution in [3.05, 3.63) is 0 Å². The lowest BCUT2D eigenvalue weighted by Crippen LogP contribution is -2.54. The van der Waals surface area contributed by atoms with Gasteiger partial charge in [-0.2, -0.15) is 0 Å². The molecule has 0 aromatic carbocycles. The minimum Gasteiger partial charge on any atom is -0.322 e. The van der Waals surface area contributed by atoms with E-state index in [2.05, 4.69) is 0 Å². The molecule has 0 amide bonds. The van der Waals surface area contributed by atoms with Crippen LogP contribution in [0.25, 0.3) is 0 Å². The molecule has 1 fully saturated rings. The molecular formula is C6H12F2N2. The first kappa shape index (κ1) is 7.88. The van der Waals surface area contributed by atoms with Crippen LogP contribution in [-0.4, -0.2) is 37.0 Å². The molecule has 0 aromatic rings. The van der Waals surface area contributed by atoms with Crippen LogP contribution in [0.4, 0.5) is 8.78 Å². The minimum atomic E-state index is -2.65. The standard InChI is InChI=1S/C6H12F2N2/c1-10-3-2-6(7,8)5(9)4-10/h5H,2-4,9H2,1H3/t5-/m1/s1. The fourth-order valence-electron chi connectivity index (χ4n) is 1.09. The smallest absolute Gasteiger partial charge is 0.265 e. The molecule has 0 unspecified atom stereocenters. The van der Waals surface area contributed by atoms with Gasteiger partial charge in [0.2, 0.25) is 0 Å². The molecule has 0 bridgehead atoms. The molecule has 1 rings (SSSR count). The second-order valence-electron chi connectivity index (χ2n) is 2.88. The second kappa shape index (κ2) is 2.43. The van der Waals surface area contributed by atoms with Crippen molar-refractivity contribution >= 4 is 0 Å². The summed E-state index contributed by atoms with van der Waals surface area (Å²) in [5.41, 5.74) is 5.21. The number of rotatable bonds is 0. The summed E-state index contributed by atoms with van der Waals surface area (Å²) < 4.78 is 25.2. The van der Waals surface area contributed by atoms with Gasteiger partial charge in [0, 0.05) is 19.5 Å². The van der Waals surface area contributed by atoms with Crippen molar-refractivity contribution in [3.63, 3.8) is 0 Å². The van der Waals surface area contributed by atoms with Crippen LogP contribution < -0.4 is 5.73 Å². The Morgan fingerprint density at radius 3 is 2.60 bits per heavy atom. The number of likely N-dealkylation sites (N-methyl/N-ethyl adjacent to an activating group) is 1. The molecule has 2 nitrogen and oxygen atoms in total. The van der Waals surface area contributed by atoms with Crippen molar-refractivity contribution in [2.75, 3.05) is 20.1 Å². The van der Waals surface area contributed by atoms with E-state index in [1.807, 2.05) is 4.90 Å². The van der Waals surface area contributed by atoms with Gasteiger partial charge in [-0.15, -0.1) is 0 Å². The zero-order valence-electron chi connectivity index (χ0n) is 5.98. The monoisotopic (exact) mass is 150 g/mol. The molecular weight excluding hydrogens is 138 g/mol. The predicted octanol–water partition coefficient (Wildman–Crippen LogP) is 0.285. The Hall–Kier alpha value is -0.220. The van der Waals surface area contributed by atoms with Gasteiger partial charge in [0.05, 0.1) is 6.04 Å². The first-order chi connectivity index (χ1) is 4.52. The lowest BCUT2D eigenvalue weighted by atomic mass is 10.0. The highest BCUT2D eigenvalue weighted by atomic mass is 19.3. The van der Waals surface area contributed by atoms with Crippen LogP contribution in [0.2, 0.25) is 0 Å². The second-order valence-corrected chi connectivity index (χ2v) is 2.88. The Kier molecular flexibility index (Phi) is 1.92. The van der Waals surface area contributed by atoms with Gasteiger partial charge >= 0.3 is 0 Å². The number of hydrogen-bond acceptors (Lipinski definition) is 2. The molecule has 1 heterocycles. The molecule has 1 aliphatic heterocycles. The molecule has 0 saturated carbocycles. The lowest BCUT2D eigenvalue weighted by molar-refractivity contribution is -0.0679. The van der Waals surface area contributed by atoms with Crippen molar-refractivity contribution in [2.45, 2.75) is 18.4 Å². The van der Waals surface area contributed by atoms with Gasteiger partial charge in [-0.05, 0) is 7.05 Å². The number of likely N-dealkylation sites (tertiary alicyclic amines) is 1. The van der Waals surface area contributed by atoms with Crippen LogP contribution in [0.5, 0.6) is 0 Å². The molecule has 1 aliphatic rings. The zero-order chi connectivity index (χ0) is 7.78. The summed E-state index contributed by atoms with van der Waals surface area (Å²) in [4.78, 5) is 1.82. The van der Waals surface area contributed by atoms with Crippen molar-refractivity contribution in [2.24, 2.45) is 5.73 Å². The van der Waals surface area contributed by atoms with Crippen LogP contribution in [0.1, 0.15) is 6.42 Å². The lowest BCUT2D eigenvalue weighted by Gasteiger charge is -2.33. The maximum atomic E-state index is 12.6. The van der Waals surface area contributed by atoms with E-state index in [0.717, 1.165) is 0 Å². The highest BCUT2D eigenvalue weighted by Crippen LogP contribution is 2.25. The van der Waals surface area contributed by atoms with Crippen LogP contribution in [0, 0.1) is 0 Å². The Morgan fingerprint density at radius 1 is 1.60 bits per heavy atom. The van der Waals surface area contributed by atoms with E-state index in [9.17, 15) is 8.78 Å². The van der Waals surface area contributed by atoms with E-state index in [1.54, 1.807) is 7.05 Å². The molecule has 1 atom stereocenters. The molecule has 0 aliphatic carbocycles. The molecule has 4 heteroatoms. The van der Waals surface area contributed by atoms with Gasteiger partial charge in [-0.1, -0.05) is 0 Å². The minimum absolute atomic E-state index is 0.106. The number of alkyl halides is 2. The van der Waals surface area contributed by atoms with Crippen molar-refractivity contribution in [1.82, 2.24) is 4.90 Å². The van der Waals surface area contributed by atoms with Crippen LogP contribution in [0.3, 0.4) is 0 Å². The average molecular weight is 150 g/mol. The Labute approximate surface area is 59.0 Å². The van der Waals surface area contributed by atoms with Crippen LogP contribution in [-0.2, 0) is 0 Å². The van der Waals surface area contributed by atoms with E-state index in [0.29, 0.717) is 13.1 Å². The summed E-state index contributed by atoms with van der Waals surface area (Å²) in [7, 11) is 1.80. The van der Waals surface area contributed by atoms with Gasteiger partial charge in [0.25, 0.3) is 5.92 Å². The summed E-state index contributed by atoms with van der Waals surface area (Å²) in [6.07, 6.45) is -0.106. The Balaban J connectivity index is 2.52. The maximum Gasteiger partial charge on any atom is 0.265 e. The first-order valence-corrected chi connectivity index (χ1v) is 3.34. The molecule has 0 aromatic heterocycles. The molecule has 10 heavy (non-hydrogen) atoms. The van der Waals surface area contributed by atoms with Crippen LogP contribution in [0.15, 0.2) is 0 Å². The maximum absolute atomic E-state index is 12.6. The van der Waals surface area contributed by atoms with Crippen molar-refractivity contribution < 1.29 is 8.78 Å². The van der Waals surface area contributed by atoms with Gasteiger partial charge in [-0.3, -0.25) is 0 Å². The van der Waals surface area contributed by atoms with E-state index in [4.69, 9.17) is 5.73 Å². The summed E-state index contributed by atoms with van der Waals surface area (Å²) in [5, 5.41) is 0. The SMILES string of the molecule is CN1CCC(F)(F)[C@H](N)C1. The molecule has 2 N–H and O–H groups in total. The molecule has 60 valence electrons. The number of hydrogen-bond donors (Lipinski definition) is 1. The third-order valence-corrected chi connectivity index (χ3v) is 1.88. The molecule has 0 spiro atoms. The fourth-order valence-corrected chi connectivity index (χ4v) is 1.09. The number of piperidine rings is 1. The van der Waals surface area contributed by atoms with E-state index < -0.39 is 12.0 Å². The number of halogens is 2. The predicted molar refractivity (Wildman–Crippen MR) is 35.0 cm³/mol. The third-order valence-electron chi connectivity index (χ3n) is 1.88. The highest BCUT2D eigenvalue weighted by Gasteiger charge is 2.40. The molecule has 1 saturated heterocycles. The summed E-state index contributed by atoms with van der Waals surface area (Å²) >= 11 is 0. The number of nitrogens with two attached hydrogens (primary N) is 1. The van der Waals surface area contributed by atoms with Crippen molar-refractivity contribution in [3.8, 4) is 0 Å². The van der Waals surface area contributed by atoms with Crippen LogP contribution >= 0.6 is 0 Å². The third kappa shape index (κ3) is 1.44. The normalized spacial score (nSPS) is 34.2. The summed E-state index contributed by atoms with van der Waals surface area (Å²) in [5.74, 6) is -2.65. The topological polar surface area (TPSA) is 29.3 Å². The average Bonchev–Trinajstić information content (AvgIpc) is 1.81. The number of nitrogens with zero attached hydrogens (tertiary/aromatic N) is 1. The van der Waals surface area contributed by atoms with Gasteiger partial charge < -0.3 is 10.6 Å². The van der Waals surface area contributed by atoms with E-state index in [1.165, 1.54) is 0 Å². The van der Waals surface area contributed by atoms with Crippen molar-refractivity contribution in [1.29, 1.82) is 0 Å². The van der Waals surface area contributed by atoms with E-state index >= 15 is 0 Å².